The molecule has 0 atom stereocenters. The van der Waals surface area contributed by atoms with Crippen molar-refractivity contribution in [2.75, 3.05) is 79.3 Å². The van der Waals surface area contributed by atoms with Crippen LogP contribution in [0.25, 0.3) is 0 Å². The molecule has 0 aromatic heterocycles. The molecular weight excluding hydrogens is 392 g/mol. The fourth-order valence-electron chi connectivity index (χ4n) is 1.32. The Labute approximate surface area is 155 Å². The Bertz CT molecular complexity index is 97.2. The van der Waals surface area contributed by atoms with E-state index >= 15 is 0 Å². The van der Waals surface area contributed by atoms with Crippen LogP contribution in [0.3, 0.4) is 0 Å². The van der Waals surface area contributed by atoms with Gasteiger partial charge in [-0.1, -0.05) is 0 Å². The van der Waals surface area contributed by atoms with E-state index < -0.39 is 0 Å². The van der Waals surface area contributed by atoms with Crippen LogP contribution in [0.1, 0.15) is 0 Å². The Morgan fingerprint density at radius 1 is 0.263 bits per heavy atom. The number of hydrogen-bond acceptors (Lipinski definition) is 6. The van der Waals surface area contributed by atoms with Crippen molar-refractivity contribution in [2.45, 2.75) is 0 Å². The summed E-state index contributed by atoms with van der Waals surface area (Å²) < 4.78 is 32.0. The third-order valence-electron chi connectivity index (χ3n) is 2.23. The van der Waals surface area contributed by atoms with Crippen LogP contribution in [-0.2, 0) is 28.4 Å². The number of hydrogen-bond donors (Lipinski definition) is 0. The normalized spacial score (nSPS) is 22.7. The summed E-state index contributed by atoms with van der Waals surface area (Å²) in [6.45, 7) is 7.04. The smallest absolute Gasteiger partial charge is 0.377 e. The number of ether oxygens (including phenoxy) is 6. The fourth-order valence-corrected chi connectivity index (χ4v) is 1.32. The molecule has 0 aromatic carbocycles. The molecular formula is C12H24EuO6+2. The molecule has 1 rings (SSSR count). The Balaban J connectivity index is 0.00000324. The zero-order chi connectivity index (χ0) is 12.7. The van der Waals surface area contributed by atoms with E-state index in [2.05, 4.69) is 0 Å². The molecule has 1 heterocycles. The van der Waals surface area contributed by atoms with Crippen molar-refractivity contribution in [2.24, 2.45) is 0 Å². The molecule has 0 spiro atoms. The summed E-state index contributed by atoms with van der Waals surface area (Å²) in [5.74, 6) is 0. The molecule has 0 N–H and O–H groups in total. The van der Waals surface area contributed by atoms with E-state index in [4.69, 9.17) is 28.4 Å². The van der Waals surface area contributed by atoms with Gasteiger partial charge in [0, 0.05) is 0 Å². The van der Waals surface area contributed by atoms with E-state index in [9.17, 15) is 0 Å². The van der Waals surface area contributed by atoms with Gasteiger partial charge in [0.1, 0.15) is 0 Å². The average Bonchev–Trinajstić information content (AvgIpc) is 2.39. The molecule has 1 aliphatic rings. The summed E-state index contributed by atoms with van der Waals surface area (Å²) in [5, 5.41) is 0. The Morgan fingerprint density at radius 2 is 0.368 bits per heavy atom. The third-order valence-corrected chi connectivity index (χ3v) is 2.23. The maximum atomic E-state index is 5.33. The summed E-state index contributed by atoms with van der Waals surface area (Å²) in [4.78, 5) is 0. The van der Waals surface area contributed by atoms with Crippen molar-refractivity contribution in [1.29, 1.82) is 0 Å². The molecule has 0 aromatic rings. The van der Waals surface area contributed by atoms with Crippen LogP contribution in [0.4, 0.5) is 0 Å². The van der Waals surface area contributed by atoms with E-state index in [1.807, 2.05) is 0 Å². The van der Waals surface area contributed by atoms with E-state index in [-0.39, 0.29) is 49.4 Å². The van der Waals surface area contributed by atoms with Crippen molar-refractivity contribution in [3.05, 3.63) is 0 Å². The second-order valence-corrected chi connectivity index (χ2v) is 3.67. The van der Waals surface area contributed by atoms with Gasteiger partial charge in [0.05, 0.1) is 79.3 Å². The van der Waals surface area contributed by atoms with Gasteiger partial charge in [-0.05, 0) is 0 Å². The zero-order valence-electron chi connectivity index (χ0n) is 11.3. The standard InChI is InChI=1S/C12H24O6.Eu/c1-2-14-5-6-16-9-10-18-12-11-17-8-7-15-4-3-13-1;/h1-12H2;/q;+2. The van der Waals surface area contributed by atoms with E-state index in [0.29, 0.717) is 79.3 Å². The van der Waals surface area contributed by atoms with Gasteiger partial charge in [-0.3, -0.25) is 0 Å². The quantitative estimate of drug-likeness (QED) is 0.559. The van der Waals surface area contributed by atoms with Crippen molar-refractivity contribution in [1.82, 2.24) is 0 Å². The van der Waals surface area contributed by atoms with Crippen LogP contribution in [0, 0.1) is 49.4 Å². The van der Waals surface area contributed by atoms with Crippen LogP contribution in [0.5, 0.6) is 0 Å². The minimum Gasteiger partial charge on any atom is -0.377 e. The SMILES string of the molecule is C1COCCOCCOCCOCCOCCO1.[Eu+2]. The maximum Gasteiger partial charge on any atom is 2.00 e. The molecule has 6 nitrogen and oxygen atoms in total. The van der Waals surface area contributed by atoms with Gasteiger partial charge >= 0.3 is 49.4 Å². The Hall–Kier alpha value is 1.34. The first-order valence-electron chi connectivity index (χ1n) is 6.46. The molecule has 0 bridgehead atoms. The zero-order valence-corrected chi connectivity index (χ0v) is 13.7. The maximum absolute atomic E-state index is 5.33. The Morgan fingerprint density at radius 3 is 0.474 bits per heavy atom. The fraction of sp³-hybridized carbons (Fsp3) is 1.00. The van der Waals surface area contributed by atoms with Crippen LogP contribution in [0.2, 0.25) is 0 Å². The van der Waals surface area contributed by atoms with Crippen molar-refractivity contribution < 1.29 is 77.8 Å². The number of rotatable bonds is 0. The van der Waals surface area contributed by atoms with Gasteiger partial charge in [0.2, 0.25) is 0 Å². The molecule has 0 saturated carbocycles. The molecule has 7 heteroatoms. The van der Waals surface area contributed by atoms with E-state index in [0.717, 1.165) is 0 Å². The predicted molar refractivity (Wildman–Crippen MR) is 64.9 cm³/mol. The van der Waals surface area contributed by atoms with E-state index in [1.165, 1.54) is 0 Å². The van der Waals surface area contributed by atoms with Gasteiger partial charge < -0.3 is 28.4 Å². The van der Waals surface area contributed by atoms with Crippen LogP contribution in [0.15, 0.2) is 0 Å². The predicted octanol–water partition coefficient (Wildman–Crippen LogP) is 0.0996. The first kappa shape index (κ1) is 20.3. The summed E-state index contributed by atoms with van der Waals surface area (Å²) in [5.41, 5.74) is 0. The minimum absolute atomic E-state index is 0. The molecule has 1 aliphatic heterocycles. The summed E-state index contributed by atoms with van der Waals surface area (Å²) in [6.07, 6.45) is 0. The van der Waals surface area contributed by atoms with Gasteiger partial charge in [-0.15, -0.1) is 0 Å². The average molecular weight is 416 g/mol. The molecule has 0 amide bonds. The van der Waals surface area contributed by atoms with Crippen molar-refractivity contribution in [3.63, 3.8) is 0 Å². The van der Waals surface area contributed by atoms with E-state index in [1.54, 1.807) is 0 Å². The molecule has 0 unspecified atom stereocenters. The first-order chi connectivity index (χ1) is 9.00. The minimum atomic E-state index is 0. The largest absolute Gasteiger partial charge is 2.00 e. The second-order valence-electron chi connectivity index (χ2n) is 3.67. The van der Waals surface area contributed by atoms with Gasteiger partial charge in [-0.25, -0.2) is 0 Å². The topological polar surface area (TPSA) is 55.4 Å². The van der Waals surface area contributed by atoms with Crippen LogP contribution >= 0.6 is 0 Å². The van der Waals surface area contributed by atoms with Gasteiger partial charge in [0.15, 0.2) is 0 Å². The van der Waals surface area contributed by atoms with Gasteiger partial charge in [-0.2, -0.15) is 0 Å². The molecule has 1 fully saturated rings. The molecule has 113 valence electrons. The first-order valence-corrected chi connectivity index (χ1v) is 6.46. The summed E-state index contributed by atoms with van der Waals surface area (Å²) in [6, 6.07) is 0. The summed E-state index contributed by atoms with van der Waals surface area (Å²) >= 11 is 0. The van der Waals surface area contributed by atoms with Crippen LogP contribution in [-0.4, -0.2) is 79.3 Å². The molecule has 1 radical (unpaired) electrons. The Kier molecular flexibility index (Phi) is 18.6. The van der Waals surface area contributed by atoms with Crippen LogP contribution < -0.4 is 0 Å². The molecule has 1 saturated heterocycles. The van der Waals surface area contributed by atoms with Crippen molar-refractivity contribution >= 4 is 0 Å². The second kappa shape index (κ2) is 17.4. The van der Waals surface area contributed by atoms with Gasteiger partial charge in [0.25, 0.3) is 0 Å². The molecule has 0 aliphatic carbocycles. The summed E-state index contributed by atoms with van der Waals surface area (Å²) in [7, 11) is 0. The molecule has 19 heavy (non-hydrogen) atoms. The monoisotopic (exact) mass is 417 g/mol. The third kappa shape index (κ3) is 15.6. The van der Waals surface area contributed by atoms with Crippen molar-refractivity contribution in [3.8, 4) is 0 Å².